The van der Waals surface area contributed by atoms with Crippen molar-refractivity contribution in [1.82, 2.24) is 0 Å². The first-order valence-corrected chi connectivity index (χ1v) is 13.1. The van der Waals surface area contributed by atoms with Gasteiger partial charge < -0.3 is 9.47 Å². The van der Waals surface area contributed by atoms with Crippen molar-refractivity contribution in [2.75, 3.05) is 13.2 Å². The Hall–Kier alpha value is -1.64. The summed E-state index contributed by atoms with van der Waals surface area (Å²) < 4.78 is 12.5. The average molecular weight is 435 g/mol. The Morgan fingerprint density at radius 3 is 2.19 bits per heavy atom. The number of aryl methyl sites for hydroxylation is 1. The predicted molar refractivity (Wildman–Crippen MR) is 133 cm³/mol. The van der Waals surface area contributed by atoms with Crippen LogP contribution in [0.5, 0.6) is 0 Å². The summed E-state index contributed by atoms with van der Waals surface area (Å²) in [4.78, 5) is 0. The molecule has 1 aliphatic carbocycles. The fourth-order valence-electron chi connectivity index (χ4n) is 5.64. The molecule has 1 saturated heterocycles. The van der Waals surface area contributed by atoms with Gasteiger partial charge in [0.1, 0.15) is 0 Å². The zero-order valence-corrected chi connectivity index (χ0v) is 20.4. The third-order valence-electron chi connectivity index (χ3n) is 7.57. The molecule has 2 nitrogen and oxygen atoms in total. The first kappa shape index (κ1) is 23.5. The van der Waals surface area contributed by atoms with Gasteiger partial charge in [0.25, 0.3) is 0 Å². The van der Waals surface area contributed by atoms with Crippen LogP contribution in [0, 0.1) is 0 Å². The molecule has 2 aromatic carbocycles. The lowest BCUT2D eigenvalue weighted by atomic mass is 9.78. The lowest BCUT2D eigenvalue weighted by molar-refractivity contribution is -0.191. The van der Waals surface area contributed by atoms with Crippen LogP contribution in [-0.4, -0.2) is 13.2 Å². The van der Waals surface area contributed by atoms with Crippen LogP contribution in [0.25, 0.3) is 0 Å². The molecule has 0 amide bonds. The van der Waals surface area contributed by atoms with E-state index in [9.17, 15) is 0 Å². The van der Waals surface area contributed by atoms with E-state index in [4.69, 9.17) is 9.47 Å². The van der Waals surface area contributed by atoms with Crippen molar-refractivity contribution in [3.63, 3.8) is 0 Å². The fraction of sp³-hybridized carbons (Fsp3) is 0.600. The van der Waals surface area contributed by atoms with Gasteiger partial charge in [-0.3, -0.25) is 0 Å². The van der Waals surface area contributed by atoms with Crippen LogP contribution < -0.4 is 0 Å². The third-order valence-corrected chi connectivity index (χ3v) is 7.57. The maximum Gasteiger partial charge on any atom is 0.183 e. The van der Waals surface area contributed by atoms with Crippen molar-refractivity contribution in [2.45, 2.75) is 103 Å². The SMILES string of the molecule is CCCc1ccc(C2OCC(c3ccc(C(C)CCC)cc3C3CCCCC3)CO2)cc1. The summed E-state index contributed by atoms with van der Waals surface area (Å²) in [5, 5.41) is 0. The maximum atomic E-state index is 6.27. The second kappa shape index (κ2) is 11.5. The maximum absolute atomic E-state index is 6.27. The molecule has 2 fully saturated rings. The van der Waals surface area contributed by atoms with E-state index in [1.54, 1.807) is 5.56 Å². The van der Waals surface area contributed by atoms with Crippen LogP contribution in [0.2, 0.25) is 0 Å². The van der Waals surface area contributed by atoms with Gasteiger partial charge in [-0.15, -0.1) is 0 Å². The van der Waals surface area contributed by atoms with Crippen LogP contribution in [0.15, 0.2) is 42.5 Å². The number of hydrogen-bond donors (Lipinski definition) is 0. The number of benzene rings is 2. The van der Waals surface area contributed by atoms with Crippen molar-refractivity contribution in [1.29, 1.82) is 0 Å². The highest BCUT2D eigenvalue weighted by Crippen LogP contribution is 2.40. The molecule has 2 heteroatoms. The molecule has 1 unspecified atom stereocenters. The lowest BCUT2D eigenvalue weighted by Gasteiger charge is -2.33. The summed E-state index contributed by atoms with van der Waals surface area (Å²) in [6, 6.07) is 16.1. The van der Waals surface area contributed by atoms with E-state index < -0.39 is 0 Å². The van der Waals surface area contributed by atoms with Crippen molar-refractivity contribution < 1.29 is 9.47 Å². The van der Waals surface area contributed by atoms with Crippen molar-refractivity contribution >= 4 is 0 Å². The van der Waals surface area contributed by atoms with E-state index in [2.05, 4.69) is 63.2 Å². The second-order valence-electron chi connectivity index (χ2n) is 10.1. The molecular weight excluding hydrogens is 392 g/mol. The topological polar surface area (TPSA) is 18.5 Å². The summed E-state index contributed by atoms with van der Waals surface area (Å²) >= 11 is 0. The highest BCUT2D eigenvalue weighted by molar-refractivity contribution is 5.39. The van der Waals surface area contributed by atoms with Crippen LogP contribution in [0.1, 0.15) is 124 Å². The van der Waals surface area contributed by atoms with Gasteiger partial charge in [0.15, 0.2) is 6.29 Å². The summed E-state index contributed by atoms with van der Waals surface area (Å²) in [7, 11) is 0. The molecule has 174 valence electrons. The largest absolute Gasteiger partial charge is 0.348 e. The Kier molecular flexibility index (Phi) is 8.43. The standard InChI is InChI=1S/C30H42O2/c1-4-9-22(3)26-17-18-28(29(19-26)24-11-7-6-8-12-24)27-20-31-30(32-21-27)25-15-13-23(10-5-2)14-16-25/h13-19,22,24,27,30H,4-12,20-21H2,1-3H3. The Balaban J connectivity index is 1.49. The minimum atomic E-state index is -0.232. The van der Waals surface area contributed by atoms with E-state index in [-0.39, 0.29) is 6.29 Å². The monoisotopic (exact) mass is 434 g/mol. The molecule has 0 spiro atoms. The fourth-order valence-corrected chi connectivity index (χ4v) is 5.64. The molecule has 4 rings (SSSR count). The van der Waals surface area contributed by atoms with Gasteiger partial charge in [-0.05, 0) is 59.8 Å². The smallest absolute Gasteiger partial charge is 0.183 e. The van der Waals surface area contributed by atoms with Gasteiger partial charge in [-0.1, -0.05) is 95.3 Å². The quantitative estimate of drug-likeness (QED) is 0.415. The Morgan fingerprint density at radius 2 is 1.53 bits per heavy atom. The van der Waals surface area contributed by atoms with Crippen LogP contribution in [-0.2, 0) is 15.9 Å². The molecule has 1 heterocycles. The predicted octanol–water partition coefficient (Wildman–Crippen LogP) is 8.42. The summed E-state index contributed by atoms with van der Waals surface area (Å²) in [6.07, 6.45) is 11.4. The summed E-state index contributed by atoms with van der Waals surface area (Å²) in [5.41, 5.74) is 7.10. The average Bonchev–Trinajstić information content (AvgIpc) is 2.85. The van der Waals surface area contributed by atoms with Crippen molar-refractivity contribution in [2.24, 2.45) is 0 Å². The van der Waals surface area contributed by atoms with Gasteiger partial charge >= 0.3 is 0 Å². The second-order valence-corrected chi connectivity index (χ2v) is 10.1. The Bertz CT molecular complexity index is 826. The minimum Gasteiger partial charge on any atom is -0.348 e. The molecule has 32 heavy (non-hydrogen) atoms. The molecule has 1 saturated carbocycles. The van der Waals surface area contributed by atoms with Gasteiger partial charge in [0.2, 0.25) is 0 Å². The number of rotatable bonds is 8. The van der Waals surface area contributed by atoms with Gasteiger partial charge in [0, 0.05) is 11.5 Å². The first-order chi connectivity index (χ1) is 15.7. The summed E-state index contributed by atoms with van der Waals surface area (Å²) in [5.74, 6) is 1.67. The van der Waals surface area contributed by atoms with E-state index in [1.165, 1.54) is 68.1 Å². The molecule has 1 aliphatic heterocycles. The molecule has 1 atom stereocenters. The van der Waals surface area contributed by atoms with Crippen LogP contribution in [0.4, 0.5) is 0 Å². The van der Waals surface area contributed by atoms with Gasteiger partial charge in [0.05, 0.1) is 13.2 Å². The van der Waals surface area contributed by atoms with Gasteiger partial charge in [-0.2, -0.15) is 0 Å². The number of ether oxygens (including phenoxy) is 2. The van der Waals surface area contributed by atoms with E-state index in [0.717, 1.165) is 25.2 Å². The normalized spacial score (nSPS) is 23.2. The lowest BCUT2D eigenvalue weighted by Crippen LogP contribution is -2.27. The van der Waals surface area contributed by atoms with E-state index in [1.807, 2.05) is 0 Å². The van der Waals surface area contributed by atoms with Crippen LogP contribution >= 0.6 is 0 Å². The Morgan fingerprint density at radius 1 is 0.812 bits per heavy atom. The molecule has 2 aromatic rings. The molecule has 0 bridgehead atoms. The summed E-state index contributed by atoms with van der Waals surface area (Å²) in [6.45, 7) is 8.37. The van der Waals surface area contributed by atoms with Crippen molar-refractivity contribution in [3.8, 4) is 0 Å². The van der Waals surface area contributed by atoms with Crippen molar-refractivity contribution in [3.05, 3.63) is 70.3 Å². The molecular formula is C30H42O2. The minimum absolute atomic E-state index is 0.232. The first-order valence-electron chi connectivity index (χ1n) is 13.1. The zero-order chi connectivity index (χ0) is 22.3. The molecule has 2 aliphatic rings. The molecule has 0 radical (unpaired) electrons. The highest BCUT2D eigenvalue weighted by atomic mass is 16.7. The Labute approximate surface area is 195 Å². The molecule has 0 aromatic heterocycles. The van der Waals surface area contributed by atoms with Gasteiger partial charge in [-0.25, -0.2) is 0 Å². The number of hydrogen-bond acceptors (Lipinski definition) is 2. The molecule has 0 N–H and O–H groups in total. The zero-order valence-electron chi connectivity index (χ0n) is 20.4. The van der Waals surface area contributed by atoms with E-state index in [0.29, 0.717) is 17.8 Å². The van der Waals surface area contributed by atoms with Crippen LogP contribution in [0.3, 0.4) is 0 Å². The third kappa shape index (κ3) is 5.64. The van der Waals surface area contributed by atoms with E-state index >= 15 is 0 Å². The highest BCUT2D eigenvalue weighted by Gasteiger charge is 2.29.